The minimum Gasteiger partial charge on any atom is -0.481 e. The van der Waals surface area contributed by atoms with E-state index in [9.17, 15) is 4.79 Å². The maximum atomic E-state index is 12.8. The number of nitrogens with zero attached hydrogens (tertiary/aromatic N) is 3. The molecule has 0 aliphatic carbocycles. The van der Waals surface area contributed by atoms with Gasteiger partial charge in [0.05, 0.1) is 7.11 Å². The second kappa shape index (κ2) is 7.74. The van der Waals surface area contributed by atoms with E-state index in [0.29, 0.717) is 18.0 Å². The number of ether oxygens (including phenoxy) is 1. The van der Waals surface area contributed by atoms with Gasteiger partial charge in [-0.05, 0) is 37.1 Å². The lowest BCUT2D eigenvalue weighted by Gasteiger charge is -2.14. The number of carbonyl (C=O) groups is 1. The molecule has 0 saturated carbocycles. The molecule has 0 aliphatic rings. The number of carbonyl (C=O) groups excluding carboxylic acids is 1. The summed E-state index contributed by atoms with van der Waals surface area (Å²) in [5.74, 6) is 0.360. The van der Waals surface area contributed by atoms with E-state index in [0.717, 1.165) is 27.9 Å². The Morgan fingerprint density at radius 2 is 1.88 bits per heavy atom. The molecule has 6 heteroatoms. The predicted molar refractivity (Wildman–Crippen MR) is 98.9 cm³/mol. The smallest absolute Gasteiger partial charge is 0.252 e. The Morgan fingerprint density at radius 3 is 2.62 bits per heavy atom. The Bertz CT molecular complexity index is 926. The number of pyridine rings is 1. The maximum absolute atomic E-state index is 12.8. The van der Waals surface area contributed by atoms with Crippen molar-refractivity contribution in [2.45, 2.75) is 20.4 Å². The van der Waals surface area contributed by atoms with Crippen LogP contribution in [0.1, 0.15) is 27.2 Å². The monoisotopic (exact) mass is 348 g/mol. The number of methoxy groups -OCH3 is 1. The van der Waals surface area contributed by atoms with Crippen LogP contribution in [-0.4, -0.2) is 28.0 Å². The predicted octanol–water partition coefficient (Wildman–Crippen LogP) is 3.09. The molecular formula is C20H20N4O2. The molecule has 0 fully saturated rings. The minimum atomic E-state index is -0.175. The Labute approximate surface area is 152 Å². The van der Waals surface area contributed by atoms with Gasteiger partial charge in [-0.3, -0.25) is 4.79 Å². The number of aryl methyl sites for hydroxylation is 2. The number of nitrogens with one attached hydrogen (secondary N) is 1. The van der Waals surface area contributed by atoms with Gasteiger partial charge in [-0.2, -0.15) is 0 Å². The van der Waals surface area contributed by atoms with Crippen LogP contribution >= 0.6 is 0 Å². The van der Waals surface area contributed by atoms with E-state index in [2.05, 4.69) is 20.3 Å². The van der Waals surface area contributed by atoms with Gasteiger partial charge in [-0.25, -0.2) is 15.0 Å². The van der Waals surface area contributed by atoms with Gasteiger partial charge in [0, 0.05) is 41.3 Å². The molecular weight excluding hydrogens is 328 g/mol. The number of benzene rings is 1. The average Bonchev–Trinajstić information content (AvgIpc) is 2.67. The summed E-state index contributed by atoms with van der Waals surface area (Å²) in [6.45, 7) is 4.23. The molecule has 0 radical (unpaired) electrons. The molecule has 1 aromatic carbocycles. The van der Waals surface area contributed by atoms with Crippen LogP contribution in [-0.2, 0) is 6.54 Å². The summed E-state index contributed by atoms with van der Waals surface area (Å²) in [5, 5.41) is 2.96. The Morgan fingerprint density at radius 1 is 1.15 bits per heavy atom. The topological polar surface area (TPSA) is 77.0 Å². The first-order valence-corrected chi connectivity index (χ1v) is 8.24. The van der Waals surface area contributed by atoms with Gasteiger partial charge < -0.3 is 10.1 Å². The van der Waals surface area contributed by atoms with Crippen LogP contribution in [0.25, 0.3) is 11.1 Å². The van der Waals surface area contributed by atoms with E-state index in [1.54, 1.807) is 25.6 Å². The van der Waals surface area contributed by atoms with Crippen molar-refractivity contribution in [3.05, 3.63) is 71.4 Å². The largest absolute Gasteiger partial charge is 0.481 e. The van der Waals surface area contributed by atoms with Gasteiger partial charge in [-0.1, -0.05) is 18.2 Å². The highest BCUT2D eigenvalue weighted by atomic mass is 16.5. The summed E-state index contributed by atoms with van der Waals surface area (Å²) in [7, 11) is 1.58. The van der Waals surface area contributed by atoms with Gasteiger partial charge in [-0.15, -0.1) is 0 Å². The van der Waals surface area contributed by atoms with E-state index >= 15 is 0 Å². The van der Waals surface area contributed by atoms with E-state index in [1.165, 1.54) is 6.33 Å². The molecule has 3 rings (SSSR count). The number of hydrogen-bond donors (Lipinski definition) is 1. The van der Waals surface area contributed by atoms with E-state index in [4.69, 9.17) is 4.74 Å². The molecule has 132 valence electrons. The van der Waals surface area contributed by atoms with Gasteiger partial charge in [0.15, 0.2) is 0 Å². The summed E-state index contributed by atoms with van der Waals surface area (Å²) < 4.78 is 5.36. The summed E-state index contributed by atoms with van der Waals surface area (Å²) in [6, 6.07) is 9.36. The molecule has 0 atom stereocenters. The Balaban J connectivity index is 1.85. The Hall–Kier alpha value is -3.28. The summed E-state index contributed by atoms with van der Waals surface area (Å²) in [5.41, 5.74) is 4.93. The van der Waals surface area contributed by atoms with Crippen LogP contribution in [0.2, 0.25) is 0 Å². The third-order valence-corrected chi connectivity index (χ3v) is 4.10. The van der Waals surface area contributed by atoms with Crippen molar-refractivity contribution in [1.29, 1.82) is 0 Å². The molecule has 2 heterocycles. The summed E-state index contributed by atoms with van der Waals surface area (Å²) in [6.07, 6.45) is 4.85. The third-order valence-electron chi connectivity index (χ3n) is 4.10. The lowest BCUT2D eigenvalue weighted by atomic mass is 10.0. The van der Waals surface area contributed by atoms with Crippen molar-refractivity contribution >= 4 is 5.91 Å². The second-order valence-electron chi connectivity index (χ2n) is 5.92. The van der Waals surface area contributed by atoms with E-state index in [-0.39, 0.29) is 5.91 Å². The van der Waals surface area contributed by atoms with Gasteiger partial charge in [0.2, 0.25) is 5.88 Å². The standard InChI is InChI=1S/C20H20N4O2/c1-13-8-14(2)24-20(26-3)18(13)11-23-19(25)17-7-5-4-6-16(17)15-9-21-12-22-10-15/h4-10,12H,11H2,1-3H3,(H,23,25). The van der Waals surface area contributed by atoms with Crippen molar-refractivity contribution < 1.29 is 9.53 Å². The van der Waals surface area contributed by atoms with E-state index < -0.39 is 0 Å². The quantitative estimate of drug-likeness (QED) is 0.767. The molecule has 1 amide bonds. The van der Waals surface area contributed by atoms with Gasteiger partial charge in [0.1, 0.15) is 6.33 Å². The first kappa shape index (κ1) is 17.5. The van der Waals surface area contributed by atoms with Crippen molar-refractivity contribution in [2.24, 2.45) is 0 Å². The zero-order chi connectivity index (χ0) is 18.5. The summed E-state index contributed by atoms with van der Waals surface area (Å²) >= 11 is 0. The number of hydrogen-bond acceptors (Lipinski definition) is 5. The first-order valence-electron chi connectivity index (χ1n) is 8.24. The molecule has 0 unspecified atom stereocenters. The van der Waals surface area contributed by atoms with Crippen LogP contribution in [0.15, 0.2) is 49.1 Å². The number of rotatable bonds is 5. The van der Waals surface area contributed by atoms with E-state index in [1.807, 2.05) is 38.1 Å². The van der Waals surface area contributed by atoms with Crippen molar-refractivity contribution in [3.8, 4) is 17.0 Å². The van der Waals surface area contributed by atoms with Crippen molar-refractivity contribution in [3.63, 3.8) is 0 Å². The molecule has 6 nitrogen and oxygen atoms in total. The molecule has 3 aromatic rings. The summed E-state index contributed by atoms with van der Waals surface area (Å²) in [4.78, 5) is 25.2. The lowest BCUT2D eigenvalue weighted by molar-refractivity contribution is 0.0951. The minimum absolute atomic E-state index is 0.175. The molecule has 26 heavy (non-hydrogen) atoms. The van der Waals surface area contributed by atoms with Crippen LogP contribution in [0.3, 0.4) is 0 Å². The fraction of sp³-hybridized carbons (Fsp3) is 0.200. The third kappa shape index (κ3) is 3.69. The maximum Gasteiger partial charge on any atom is 0.252 e. The normalized spacial score (nSPS) is 10.4. The van der Waals surface area contributed by atoms with Crippen molar-refractivity contribution in [2.75, 3.05) is 7.11 Å². The molecule has 0 spiro atoms. The fourth-order valence-corrected chi connectivity index (χ4v) is 2.85. The van der Waals surface area contributed by atoms with Crippen LogP contribution in [0.5, 0.6) is 5.88 Å². The second-order valence-corrected chi connectivity index (χ2v) is 5.92. The van der Waals surface area contributed by atoms with Gasteiger partial charge >= 0.3 is 0 Å². The van der Waals surface area contributed by atoms with Crippen LogP contribution in [0.4, 0.5) is 0 Å². The lowest BCUT2D eigenvalue weighted by Crippen LogP contribution is -2.24. The fourth-order valence-electron chi connectivity index (χ4n) is 2.85. The molecule has 0 saturated heterocycles. The molecule has 2 aromatic heterocycles. The highest BCUT2D eigenvalue weighted by Gasteiger charge is 2.15. The van der Waals surface area contributed by atoms with Crippen LogP contribution < -0.4 is 10.1 Å². The highest BCUT2D eigenvalue weighted by Crippen LogP contribution is 2.23. The SMILES string of the molecule is COc1nc(C)cc(C)c1CNC(=O)c1ccccc1-c1cncnc1. The van der Waals surface area contributed by atoms with Gasteiger partial charge in [0.25, 0.3) is 5.91 Å². The molecule has 0 bridgehead atoms. The first-order chi connectivity index (χ1) is 12.6. The number of amides is 1. The average molecular weight is 348 g/mol. The highest BCUT2D eigenvalue weighted by molar-refractivity contribution is 6.00. The number of aromatic nitrogens is 3. The zero-order valence-electron chi connectivity index (χ0n) is 15.0. The van der Waals surface area contributed by atoms with Crippen LogP contribution in [0, 0.1) is 13.8 Å². The van der Waals surface area contributed by atoms with Crippen molar-refractivity contribution in [1.82, 2.24) is 20.3 Å². The Kier molecular flexibility index (Phi) is 5.22. The molecule has 0 aliphatic heterocycles. The zero-order valence-corrected chi connectivity index (χ0v) is 15.0. The molecule has 1 N–H and O–H groups in total.